The summed E-state index contributed by atoms with van der Waals surface area (Å²) in [5, 5.41) is 0.517. The zero-order valence-electron chi connectivity index (χ0n) is 22.5. The molecule has 3 aliphatic heterocycles. The van der Waals surface area contributed by atoms with Crippen molar-refractivity contribution in [3.8, 4) is 0 Å². The number of alkyl halides is 3. The highest BCUT2D eigenvalue weighted by Gasteiger charge is 2.49. The Morgan fingerprint density at radius 3 is 2.59 bits per heavy atom. The summed E-state index contributed by atoms with van der Waals surface area (Å²) < 4.78 is 40.9. The quantitative estimate of drug-likeness (QED) is 0.526. The molecule has 2 aromatic rings. The number of halogens is 4. The number of amides is 2. The lowest BCUT2D eigenvalue weighted by atomic mass is 9.90. The smallest absolute Gasteiger partial charge is 0.368 e. The number of likely N-dealkylation sites (N-methyl/N-ethyl adjacent to an activating group) is 1. The highest BCUT2D eigenvalue weighted by atomic mass is 35.5. The van der Waals surface area contributed by atoms with Crippen LogP contribution in [0.2, 0.25) is 5.02 Å². The number of pyridine rings is 1. The second-order valence-electron chi connectivity index (χ2n) is 11.2. The monoisotopic (exact) mass is 563 g/mol. The maximum Gasteiger partial charge on any atom is 0.416 e. The first-order valence-electron chi connectivity index (χ1n) is 13.2. The minimum Gasteiger partial charge on any atom is -0.368 e. The fourth-order valence-electron chi connectivity index (χ4n) is 6.29. The standard InChI is InChI=1S/C28H33ClF3N5O2/c1-16-10-20(28(30,31)32)13-23(33-16)37-24(38)12-19-15-36(14-18-8-9-34(3)17(2)11-18)26-21(29)6-5-7-22(26)35(4)27(39)25(19)37/h5-7,10,13,17-19,25H,8-9,11-12,14-15H2,1-4H3/t17-,18-,19-,25+/m1/s1. The minimum absolute atomic E-state index is 0.0291. The van der Waals surface area contributed by atoms with Gasteiger partial charge in [0.15, 0.2) is 0 Å². The van der Waals surface area contributed by atoms with Crippen LogP contribution in [0.15, 0.2) is 30.3 Å². The van der Waals surface area contributed by atoms with E-state index in [0.717, 1.165) is 37.2 Å². The molecular formula is C28H33ClF3N5O2. The molecule has 0 aliphatic carbocycles. The number of fused-ring (bicyclic) bond motifs is 2. The Morgan fingerprint density at radius 1 is 1.15 bits per heavy atom. The number of hydrogen-bond donors (Lipinski definition) is 0. The number of benzene rings is 1. The van der Waals surface area contributed by atoms with Gasteiger partial charge in [-0.1, -0.05) is 17.7 Å². The maximum absolute atomic E-state index is 13.9. The van der Waals surface area contributed by atoms with E-state index in [2.05, 4.69) is 28.8 Å². The Labute approximate surface area is 231 Å². The second kappa shape index (κ2) is 10.3. The number of nitrogens with zero attached hydrogens (tertiary/aromatic N) is 5. The van der Waals surface area contributed by atoms with E-state index in [1.807, 2.05) is 6.07 Å². The number of carbonyl (C=O) groups is 2. The van der Waals surface area contributed by atoms with Gasteiger partial charge in [-0.25, -0.2) is 4.98 Å². The van der Waals surface area contributed by atoms with Gasteiger partial charge < -0.3 is 14.7 Å². The van der Waals surface area contributed by atoms with Crippen molar-refractivity contribution in [1.29, 1.82) is 0 Å². The number of anilines is 3. The molecule has 0 radical (unpaired) electrons. The van der Waals surface area contributed by atoms with Crippen LogP contribution in [0.1, 0.15) is 37.4 Å². The molecule has 0 N–H and O–H groups in total. The van der Waals surface area contributed by atoms with E-state index in [4.69, 9.17) is 11.6 Å². The van der Waals surface area contributed by atoms with Crippen molar-refractivity contribution in [3.05, 3.63) is 46.6 Å². The lowest BCUT2D eigenvalue weighted by molar-refractivity contribution is -0.137. The van der Waals surface area contributed by atoms with Crippen molar-refractivity contribution in [2.24, 2.45) is 11.8 Å². The molecule has 1 aromatic heterocycles. The molecule has 3 aliphatic rings. The van der Waals surface area contributed by atoms with Gasteiger partial charge in [-0.2, -0.15) is 13.2 Å². The van der Waals surface area contributed by atoms with Crippen molar-refractivity contribution in [2.45, 2.75) is 51.4 Å². The van der Waals surface area contributed by atoms with Gasteiger partial charge in [-0.15, -0.1) is 0 Å². The molecule has 7 nitrogen and oxygen atoms in total. The molecule has 0 spiro atoms. The van der Waals surface area contributed by atoms with Gasteiger partial charge in [0.1, 0.15) is 11.9 Å². The molecular weight excluding hydrogens is 531 g/mol. The van der Waals surface area contributed by atoms with E-state index in [1.54, 1.807) is 19.2 Å². The van der Waals surface area contributed by atoms with Crippen LogP contribution in [0.5, 0.6) is 0 Å². The van der Waals surface area contributed by atoms with Crippen LogP contribution in [0, 0.1) is 18.8 Å². The van der Waals surface area contributed by atoms with Crippen LogP contribution in [-0.2, 0) is 15.8 Å². The van der Waals surface area contributed by atoms with Gasteiger partial charge in [0, 0.05) is 44.2 Å². The summed E-state index contributed by atoms with van der Waals surface area (Å²) in [6, 6.07) is 6.64. The van der Waals surface area contributed by atoms with E-state index in [-0.39, 0.29) is 23.8 Å². The van der Waals surface area contributed by atoms with Gasteiger partial charge >= 0.3 is 6.18 Å². The number of para-hydroxylation sites is 1. The Hall–Kier alpha value is -2.85. The molecule has 210 valence electrons. The molecule has 2 saturated heterocycles. The molecule has 4 heterocycles. The summed E-state index contributed by atoms with van der Waals surface area (Å²) in [5.41, 5.74) is 0.583. The molecule has 0 saturated carbocycles. The van der Waals surface area contributed by atoms with E-state index < -0.39 is 29.6 Å². The first kappa shape index (κ1) is 27.7. The number of likely N-dealkylation sites (tertiary alicyclic amines) is 1. The number of piperidine rings is 1. The Bertz CT molecular complexity index is 1290. The Kier molecular flexibility index (Phi) is 7.30. The van der Waals surface area contributed by atoms with E-state index in [1.165, 1.54) is 16.7 Å². The highest BCUT2D eigenvalue weighted by molar-refractivity contribution is 6.34. The topological polar surface area (TPSA) is 60.0 Å². The van der Waals surface area contributed by atoms with Crippen molar-refractivity contribution in [3.63, 3.8) is 0 Å². The van der Waals surface area contributed by atoms with Gasteiger partial charge in [-0.05, 0) is 70.5 Å². The number of aryl methyl sites for hydroxylation is 1. The summed E-state index contributed by atoms with van der Waals surface area (Å²) in [6.07, 6.45) is -2.56. The average Bonchev–Trinajstić information content (AvgIpc) is 3.18. The average molecular weight is 564 g/mol. The zero-order chi connectivity index (χ0) is 28.2. The van der Waals surface area contributed by atoms with E-state index >= 15 is 0 Å². The third-order valence-electron chi connectivity index (χ3n) is 8.42. The fourth-order valence-corrected chi connectivity index (χ4v) is 6.58. The maximum atomic E-state index is 13.9. The molecule has 2 amide bonds. The molecule has 5 rings (SSSR count). The van der Waals surface area contributed by atoms with Crippen LogP contribution in [0.4, 0.5) is 30.4 Å². The predicted octanol–water partition coefficient (Wildman–Crippen LogP) is 5.00. The fraction of sp³-hybridized carbons (Fsp3) is 0.536. The molecule has 11 heteroatoms. The summed E-state index contributed by atoms with van der Waals surface area (Å²) in [4.78, 5) is 38.8. The lowest BCUT2D eigenvalue weighted by Gasteiger charge is -2.42. The molecule has 2 fully saturated rings. The zero-order valence-corrected chi connectivity index (χ0v) is 23.3. The van der Waals surface area contributed by atoms with Crippen LogP contribution in [0.25, 0.3) is 0 Å². The van der Waals surface area contributed by atoms with Gasteiger partial charge in [0.2, 0.25) is 11.8 Å². The number of aromatic nitrogens is 1. The number of carbonyl (C=O) groups excluding carboxylic acids is 2. The third kappa shape index (κ3) is 5.20. The first-order valence-corrected chi connectivity index (χ1v) is 13.6. The molecule has 4 atom stereocenters. The van der Waals surface area contributed by atoms with Crippen molar-refractivity contribution in [1.82, 2.24) is 9.88 Å². The van der Waals surface area contributed by atoms with Crippen LogP contribution in [-0.4, -0.2) is 67.5 Å². The van der Waals surface area contributed by atoms with E-state index in [9.17, 15) is 22.8 Å². The van der Waals surface area contributed by atoms with E-state index in [0.29, 0.717) is 35.8 Å². The molecule has 39 heavy (non-hydrogen) atoms. The molecule has 1 aromatic carbocycles. The largest absolute Gasteiger partial charge is 0.416 e. The highest BCUT2D eigenvalue weighted by Crippen LogP contribution is 2.43. The summed E-state index contributed by atoms with van der Waals surface area (Å²) in [6.45, 7) is 5.72. The Balaban J connectivity index is 1.56. The second-order valence-corrected chi connectivity index (χ2v) is 11.6. The number of rotatable bonds is 3. The minimum atomic E-state index is -4.61. The summed E-state index contributed by atoms with van der Waals surface area (Å²) in [7, 11) is 3.75. The number of hydrogen-bond acceptors (Lipinski definition) is 5. The van der Waals surface area contributed by atoms with Crippen LogP contribution >= 0.6 is 11.6 Å². The van der Waals surface area contributed by atoms with Gasteiger partial charge in [0.05, 0.1) is 22.0 Å². The van der Waals surface area contributed by atoms with Crippen molar-refractivity contribution in [2.75, 3.05) is 48.4 Å². The van der Waals surface area contributed by atoms with Gasteiger partial charge in [-0.3, -0.25) is 14.5 Å². The van der Waals surface area contributed by atoms with Gasteiger partial charge in [0.25, 0.3) is 0 Å². The molecule has 0 bridgehead atoms. The predicted molar refractivity (Wildman–Crippen MR) is 145 cm³/mol. The molecule has 0 unspecified atom stereocenters. The third-order valence-corrected chi connectivity index (χ3v) is 8.73. The Morgan fingerprint density at radius 2 is 1.90 bits per heavy atom. The van der Waals surface area contributed by atoms with Crippen LogP contribution in [0.3, 0.4) is 0 Å². The summed E-state index contributed by atoms with van der Waals surface area (Å²) in [5.74, 6) is -0.997. The van der Waals surface area contributed by atoms with Crippen molar-refractivity contribution >= 4 is 40.6 Å². The van der Waals surface area contributed by atoms with Crippen molar-refractivity contribution < 1.29 is 22.8 Å². The summed E-state index contributed by atoms with van der Waals surface area (Å²) >= 11 is 6.74. The van der Waals surface area contributed by atoms with Crippen LogP contribution < -0.4 is 14.7 Å². The normalized spacial score (nSPS) is 26.4. The lowest BCUT2D eigenvalue weighted by Crippen LogP contribution is -2.53. The SMILES string of the molecule is Cc1cc(C(F)(F)F)cc(N2C(=O)C[C@@H]3CN(C[C@@H]4CCN(C)[C@H](C)C4)c4c(Cl)cccc4N(C)C(=O)[C@H]32)n1. The first-order chi connectivity index (χ1) is 18.3.